The fourth-order valence-electron chi connectivity index (χ4n) is 4.24. The average molecular weight is 272 g/mol. The van der Waals surface area contributed by atoms with E-state index in [9.17, 15) is 0 Å². The van der Waals surface area contributed by atoms with Gasteiger partial charge in [-0.2, -0.15) is 0 Å². The molecule has 1 saturated heterocycles. The van der Waals surface area contributed by atoms with E-state index in [1.807, 2.05) is 0 Å². The van der Waals surface area contributed by atoms with E-state index in [1.54, 1.807) is 0 Å². The molecule has 110 valence electrons. The summed E-state index contributed by atoms with van der Waals surface area (Å²) in [6.07, 6.45) is 8.66. The zero-order valence-electron chi connectivity index (χ0n) is 12.7. The van der Waals surface area contributed by atoms with Gasteiger partial charge in [0.15, 0.2) is 0 Å². The molecule has 0 bridgehead atoms. The van der Waals surface area contributed by atoms with Crippen LogP contribution in [0, 0.1) is 5.92 Å². The van der Waals surface area contributed by atoms with Crippen LogP contribution in [0.15, 0.2) is 30.3 Å². The Morgan fingerprint density at radius 1 is 1.10 bits per heavy atom. The van der Waals surface area contributed by atoms with E-state index in [4.69, 9.17) is 0 Å². The van der Waals surface area contributed by atoms with Crippen LogP contribution >= 0.6 is 0 Å². The summed E-state index contributed by atoms with van der Waals surface area (Å²) in [6.45, 7) is 2.47. The summed E-state index contributed by atoms with van der Waals surface area (Å²) in [5, 5.41) is 3.52. The van der Waals surface area contributed by atoms with Crippen LogP contribution in [0.2, 0.25) is 0 Å². The molecule has 1 N–H and O–H groups in total. The summed E-state index contributed by atoms with van der Waals surface area (Å²) in [4.78, 5) is 2.78. The Kier molecular flexibility index (Phi) is 4.74. The molecular formula is C18H28N2. The Labute approximate surface area is 123 Å². The van der Waals surface area contributed by atoms with E-state index in [0.29, 0.717) is 6.04 Å². The maximum absolute atomic E-state index is 3.52. The number of rotatable bonds is 4. The maximum atomic E-state index is 3.52. The summed E-state index contributed by atoms with van der Waals surface area (Å²) in [6, 6.07) is 12.2. The fraction of sp³-hybridized carbons (Fsp3) is 0.667. The number of hydrogen-bond acceptors (Lipinski definition) is 2. The van der Waals surface area contributed by atoms with Crippen molar-refractivity contribution in [1.29, 1.82) is 0 Å². The first-order valence-corrected chi connectivity index (χ1v) is 8.35. The van der Waals surface area contributed by atoms with E-state index in [2.05, 4.69) is 47.6 Å². The molecule has 0 spiro atoms. The zero-order valence-corrected chi connectivity index (χ0v) is 12.7. The van der Waals surface area contributed by atoms with Crippen LogP contribution in [0.5, 0.6) is 0 Å². The number of piperidine rings is 1. The van der Waals surface area contributed by atoms with Crippen LogP contribution in [0.1, 0.15) is 50.1 Å². The highest BCUT2D eigenvalue weighted by molar-refractivity contribution is 5.19. The summed E-state index contributed by atoms with van der Waals surface area (Å²) in [5.74, 6) is 0.978. The summed E-state index contributed by atoms with van der Waals surface area (Å²) < 4.78 is 0. The van der Waals surface area contributed by atoms with E-state index >= 15 is 0 Å². The molecule has 1 aliphatic heterocycles. The first kappa shape index (κ1) is 14.1. The number of nitrogens with one attached hydrogen (secondary N) is 1. The SMILES string of the molecule is CNC(CN1CCC[C@H]2CCCC[C@H]21)c1ccccc1. The van der Waals surface area contributed by atoms with Gasteiger partial charge in [-0.1, -0.05) is 43.2 Å². The number of fused-ring (bicyclic) bond motifs is 1. The molecule has 0 amide bonds. The summed E-state index contributed by atoms with van der Waals surface area (Å²) in [7, 11) is 2.10. The third-order valence-electron chi connectivity index (χ3n) is 5.33. The Bertz CT molecular complexity index is 401. The van der Waals surface area contributed by atoms with E-state index in [1.165, 1.54) is 57.2 Å². The fourth-order valence-corrected chi connectivity index (χ4v) is 4.24. The normalized spacial score (nSPS) is 28.9. The van der Waals surface area contributed by atoms with Gasteiger partial charge in [-0.3, -0.25) is 4.90 Å². The molecule has 0 radical (unpaired) electrons. The zero-order chi connectivity index (χ0) is 13.8. The van der Waals surface area contributed by atoms with Gasteiger partial charge in [0, 0.05) is 18.6 Å². The van der Waals surface area contributed by atoms with Gasteiger partial charge in [-0.05, 0) is 50.8 Å². The largest absolute Gasteiger partial charge is 0.312 e. The van der Waals surface area contributed by atoms with Gasteiger partial charge in [-0.15, -0.1) is 0 Å². The van der Waals surface area contributed by atoms with E-state index in [-0.39, 0.29) is 0 Å². The molecule has 1 aromatic rings. The average Bonchev–Trinajstić information content (AvgIpc) is 2.53. The Morgan fingerprint density at radius 2 is 1.85 bits per heavy atom. The molecule has 1 saturated carbocycles. The first-order valence-electron chi connectivity index (χ1n) is 8.35. The Balaban J connectivity index is 1.68. The molecule has 2 heteroatoms. The third kappa shape index (κ3) is 3.07. The van der Waals surface area contributed by atoms with Gasteiger partial charge in [0.1, 0.15) is 0 Å². The predicted octanol–water partition coefficient (Wildman–Crippen LogP) is 3.60. The lowest BCUT2D eigenvalue weighted by Gasteiger charge is -2.45. The van der Waals surface area contributed by atoms with Crippen molar-refractivity contribution in [3.63, 3.8) is 0 Å². The maximum Gasteiger partial charge on any atom is 0.0446 e. The second kappa shape index (κ2) is 6.73. The highest BCUT2D eigenvalue weighted by atomic mass is 15.2. The lowest BCUT2D eigenvalue weighted by molar-refractivity contribution is 0.0535. The second-order valence-electron chi connectivity index (χ2n) is 6.50. The van der Waals surface area contributed by atoms with Crippen molar-refractivity contribution < 1.29 is 0 Å². The molecule has 20 heavy (non-hydrogen) atoms. The minimum Gasteiger partial charge on any atom is -0.312 e. The van der Waals surface area contributed by atoms with Crippen LogP contribution in [0.3, 0.4) is 0 Å². The molecule has 1 aromatic carbocycles. The van der Waals surface area contributed by atoms with Crippen LogP contribution in [0.25, 0.3) is 0 Å². The molecule has 2 nitrogen and oxygen atoms in total. The van der Waals surface area contributed by atoms with Gasteiger partial charge in [-0.25, -0.2) is 0 Å². The Hall–Kier alpha value is -0.860. The molecule has 2 aliphatic rings. The number of likely N-dealkylation sites (N-methyl/N-ethyl adjacent to an activating group) is 1. The van der Waals surface area contributed by atoms with Crippen molar-refractivity contribution in [2.75, 3.05) is 20.1 Å². The smallest absolute Gasteiger partial charge is 0.0446 e. The van der Waals surface area contributed by atoms with Crippen LogP contribution in [0.4, 0.5) is 0 Å². The topological polar surface area (TPSA) is 15.3 Å². The van der Waals surface area contributed by atoms with Gasteiger partial charge >= 0.3 is 0 Å². The van der Waals surface area contributed by atoms with Crippen LogP contribution in [-0.4, -0.2) is 31.1 Å². The van der Waals surface area contributed by atoms with Crippen LogP contribution < -0.4 is 5.32 Å². The molecular weight excluding hydrogens is 244 g/mol. The lowest BCUT2D eigenvalue weighted by Crippen LogP contribution is -2.49. The molecule has 0 aromatic heterocycles. The summed E-state index contributed by atoms with van der Waals surface area (Å²) >= 11 is 0. The third-order valence-corrected chi connectivity index (χ3v) is 5.33. The number of benzene rings is 1. The quantitative estimate of drug-likeness (QED) is 0.901. The monoisotopic (exact) mass is 272 g/mol. The van der Waals surface area contributed by atoms with Gasteiger partial charge in [0.05, 0.1) is 0 Å². The minimum atomic E-state index is 0.469. The molecule has 3 atom stereocenters. The first-order chi connectivity index (χ1) is 9.88. The highest BCUT2D eigenvalue weighted by Crippen LogP contribution is 2.35. The van der Waals surface area contributed by atoms with E-state index < -0.39 is 0 Å². The van der Waals surface area contributed by atoms with Crippen molar-refractivity contribution in [1.82, 2.24) is 10.2 Å². The van der Waals surface area contributed by atoms with Crippen molar-refractivity contribution in [3.8, 4) is 0 Å². The van der Waals surface area contributed by atoms with Gasteiger partial charge in [0.2, 0.25) is 0 Å². The summed E-state index contributed by atoms with van der Waals surface area (Å²) in [5.41, 5.74) is 1.42. The standard InChI is InChI=1S/C18H28N2/c1-19-17(15-8-3-2-4-9-15)14-20-13-7-11-16-10-5-6-12-18(16)20/h2-4,8-9,16-19H,5-7,10-14H2,1H3/t16-,17?,18-/m1/s1. The van der Waals surface area contributed by atoms with Gasteiger partial charge < -0.3 is 5.32 Å². The van der Waals surface area contributed by atoms with Crippen molar-refractivity contribution >= 4 is 0 Å². The van der Waals surface area contributed by atoms with Crippen molar-refractivity contribution in [2.45, 2.75) is 50.6 Å². The highest BCUT2D eigenvalue weighted by Gasteiger charge is 2.33. The number of likely N-dealkylation sites (tertiary alicyclic amines) is 1. The molecule has 3 rings (SSSR count). The molecule has 1 heterocycles. The number of nitrogens with zero attached hydrogens (tertiary/aromatic N) is 1. The Morgan fingerprint density at radius 3 is 2.65 bits per heavy atom. The predicted molar refractivity (Wildman–Crippen MR) is 84.8 cm³/mol. The van der Waals surface area contributed by atoms with Crippen LogP contribution in [-0.2, 0) is 0 Å². The molecule has 2 fully saturated rings. The van der Waals surface area contributed by atoms with Crippen molar-refractivity contribution in [3.05, 3.63) is 35.9 Å². The molecule has 1 unspecified atom stereocenters. The number of hydrogen-bond donors (Lipinski definition) is 1. The van der Waals surface area contributed by atoms with Crippen molar-refractivity contribution in [2.24, 2.45) is 5.92 Å². The lowest BCUT2D eigenvalue weighted by atomic mass is 9.78. The van der Waals surface area contributed by atoms with E-state index in [0.717, 1.165) is 12.0 Å². The minimum absolute atomic E-state index is 0.469. The molecule has 1 aliphatic carbocycles. The second-order valence-corrected chi connectivity index (χ2v) is 6.50. The van der Waals surface area contributed by atoms with Gasteiger partial charge in [0.25, 0.3) is 0 Å².